The van der Waals surface area contributed by atoms with Gasteiger partial charge in [-0.1, -0.05) is 72.0 Å². The Morgan fingerprint density at radius 1 is 0.926 bits per heavy atom. The molecule has 0 saturated carbocycles. The van der Waals surface area contributed by atoms with Gasteiger partial charge in [0.15, 0.2) is 0 Å². The van der Waals surface area contributed by atoms with Crippen LogP contribution in [0.3, 0.4) is 0 Å². The number of esters is 2. The predicted molar refractivity (Wildman–Crippen MR) is 111 cm³/mol. The van der Waals surface area contributed by atoms with E-state index in [4.69, 9.17) is 9.47 Å². The van der Waals surface area contributed by atoms with E-state index in [0.29, 0.717) is 18.9 Å². The quantitative estimate of drug-likeness (QED) is 0.180. The van der Waals surface area contributed by atoms with Crippen LogP contribution in [0.1, 0.15) is 98.8 Å². The van der Waals surface area contributed by atoms with Gasteiger partial charge in [0.25, 0.3) is 0 Å². The Bertz CT molecular complexity index is 415. The second-order valence-electron chi connectivity index (χ2n) is 7.76. The Hall–Kier alpha value is -1.32. The lowest BCUT2D eigenvalue weighted by atomic mass is 10.0. The molecule has 0 amide bonds. The van der Waals surface area contributed by atoms with Crippen molar-refractivity contribution in [3.63, 3.8) is 0 Å². The zero-order valence-electron chi connectivity index (χ0n) is 18.3. The van der Waals surface area contributed by atoms with Gasteiger partial charge in [0.2, 0.25) is 6.10 Å². The van der Waals surface area contributed by atoms with Crippen molar-refractivity contribution >= 4 is 11.9 Å². The lowest BCUT2D eigenvalue weighted by Crippen LogP contribution is -2.33. The Balaban J connectivity index is 3.75. The smallest absolute Gasteiger partial charge is 0.347 e. The van der Waals surface area contributed by atoms with Crippen LogP contribution >= 0.6 is 0 Å². The van der Waals surface area contributed by atoms with Gasteiger partial charge in [-0.25, -0.2) is 4.79 Å². The monoisotopic (exact) mass is 382 g/mol. The zero-order chi connectivity index (χ0) is 20.5. The molecule has 0 rings (SSSR count). The molecule has 2 unspecified atom stereocenters. The van der Waals surface area contributed by atoms with Crippen molar-refractivity contribution in [1.82, 2.24) is 0 Å². The second-order valence-corrected chi connectivity index (χ2v) is 7.76. The van der Waals surface area contributed by atoms with Crippen molar-refractivity contribution in [3.8, 4) is 0 Å². The van der Waals surface area contributed by atoms with E-state index in [-0.39, 0.29) is 11.9 Å². The summed E-state index contributed by atoms with van der Waals surface area (Å²) in [6, 6.07) is 0. The molecule has 0 aliphatic heterocycles. The molecule has 0 aromatic heterocycles. The second kappa shape index (κ2) is 16.8. The van der Waals surface area contributed by atoms with Crippen LogP contribution in [0.25, 0.3) is 0 Å². The van der Waals surface area contributed by atoms with Crippen LogP contribution in [0, 0.1) is 11.8 Å². The molecule has 0 spiro atoms. The molecule has 0 aliphatic carbocycles. The van der Waals surface area contributed by atoms with Crippen molar-refractivity contribution in [2.45, 2.75) is 105 Å². The lowest BCUT2D eigenvalue weighted by molar-refractivity contribution is -0.170. The third kappa shape index (κ3) is 14.4. The Kier molecular flexibility index (Phi) is 16.0. The minimum atomic E-state index is -0.788. The fourth-order valence-corrected chi connectivity index (χ4v) is 2.89. The zero-order valence-corrected chi connectivity index (χ0v) is 18.3. The SMILES string of the molecule is CCCCC(C)/C=C/CCCCCCCC(=O)OC(C(=O)OCC)C(C)C. The van der Waals surface area contributed by atoms with E-state index in [0.717, 1.165) is 25.7 Å². The summed E-state index contributed by atoms with van der Waals surface area (Å²) in [5, 5.41) is 0. The van der Waals surface area contributed by atoms with E-state index in [1.165, 1.54) is 32.1 Å². The molecule has 0 aromatic carbocycles. The number of carbonyl (C=O) groups is 2. The highest BCUT2D eigenvalue weighted by atomic mass is 16.6. The molecule has 0 N–H and O–H groups in total. The normalized spacial score (nSPS) is 13.7. The fourth-order valence-electron chi connectivity index (χ4n) is 2.89. The summed E-state index contributed by atoms with van der Waals surface area (Å²) in [6.45, 7) is 10.3. The highest BCUT2D eigenvalue weighted by Gasteiger charge is 2.27. The first-order valence-corrected chi connectivity index (χ1v) is 10.9. The van der Waals surface area contributed by atoms with Crippen molar-refractivity contribution in [2.75, 3.05) is 6.61 Å². The summed E-state index contributed by atoms with van der Waals surface area (Å²) in [6.07, 6.45) is 14.6. The summed E-state index contributed by atoms with van der Waals surface area (Å²) in [7, 11) is 0. The van der Waals surface area contributed by atoms with E-state index >= 15 is 0 Å². The van der Waals surface area contributed by atoms with Gasteiger partial charge in [-0.05, 0) is 38.5 Å². The minimum Gasteiger partial charge on any atom is -0.463 e. The summed E-state index contributed by atoms with van der Waals surface area (Å²) in [5.74, 6) is -0.130. The van der Waals surface area contributed by atoms with Crippen molar-refractivity contribution in [3.05, 3.63) is 12.2 Å². The molecule has 4 heteroatoms. The molecule has 0 fully saturated rings. The maximum atomic E-state index is 11.9. The molecule has 4 nitrogen and oxygen atoms in total. The molecular formula is C23H42O4. The van der Waals surface area contributed by atoms with Crippen LogP contribution in [0.15, 0.2) is 12.2 Å². The van der Waals surface area contributed by atoms with Gasteiger partial charge in [-0.15, -0.1) is 0 Å². The number of allylic oxidation sites excluding steroid dienone is 2. The molecule has 0 bridgehead atoms. The van der Waals surface area contributed by atoms with Crippen LogP contribution < -0.4 is 0 Å². The molecular weight excluding hydrogens is 340 g/mol. The van der Waals surface area contributed by atoms with Crippen molar-refractivity contribution < 1.29 is 19.1 Å². The van der Waals surface area contributed by atoms with Crippen LogP contribution in [0.5, 0.6) is 0 Å². The van der Waals surface area contributed by atoms with Gasteiger partial charge >= 0.3 is 11.9 Å². The number of unbranched alkanes of at least 4 members (excludes halogenated alkanes) is 6. The first-order chi connectivity index (χ1) is 12.9. The third-order valence-corrected chi connectivity index (χ3v) is 4.61. The molecule has 158 valence electrons. The van der Waals surface area contributed by atoms with Crippen LogP contribution in [-0.2, 0) is 19.1 Å². The van der Waals surface area contributed by atoms with Gasteiger partial charge in [-0.3, -0.25) is 4.79 Å². The van der Waals surface area contributed by atoms with Crippen LogP contribution in [0.2, 0.25) is 0 Å². The predicted octanol–water partition coefficient (Wildman–Crippen LogP) is 6.23. The van der Waals surface area contributed by atoms with Gasteiger partial charge in [-0.2, -0.15) is 0 Å². The lowest BCUT2D eigenvalue weighted by Gasteiger charge is -2.19. The largest absolute Gasteiger partial charge is 0.463 e. The average Bonchev–Trinajstić information content (AvgIpc) is 2.62. The number of rotatable bonds is 16. The maximum Gasteiger partial charge on any atom is 0.347 e. The first-order valence-electron chi connectivity index (χ1n) is 10.9. The summed E-state index contributed by atoms with van der Waals surface area (Å²) in [4.78, 5) is 23.8. The van der Waals surface area contributed by atoms with Gasteiger partial charge in [0, 0.05) is 12.3 Å². The van der Waals surface area contributed by atoms with E-state index in [1.54, 1.807) is 6.92 Å². The highest BCUT2D eigenvalue weighted by Crippen LogP contribution is 2.14. The first kappa shape index (κ1) is 25.7. The third-order valence-electron chi connectivity index (χ3n) is 4.61. The molecule has 0 radical (unpaired) electrons. The fraction of sp³-hybridized carbons (Fsp3) is 0.826. The summed E-state index contributed by atoms with van der Waals surface area (Å²) in [5.41, 5.74) is 0. The number of ether oxygens (including phenoxy) is 2. The average molecular weight is 383 g/mol. The number of hydrogen-bond donors (Lipinski definition) is 0. The van der Waals surface area contributed by atoms with Crippen LogP contribution in [0.4, 0.5) is 0 Å². The highest BCUT2D eigenvalue weighted by molar-refractivity contribution is 5.79. The van der Waals surface area contributed by atoms with E-state index < -0.39 is 12.1 Å². The van der Waals surface area contributed by atoms with E-state index in [1.807, 2.05) is 13.8 Å². The Morgan fingerprint density at radius 3 is 2.22 bits per heavy atom. The number of hydrogen-bond acceptors (Lipinski definition) is 4. The topological polar surface area (TPSA) is 52.6 Å². The van der Waals surface area contributed by atoms with Crippen molar-refractivity contribution in [2.24, 2.45) is 11.8 Å². The van der Waals surface area contributed by atoms with Gasteiger partial charge in [0.1, 0.15) is 0 Å². The van der Waals surface area contributed by atoms with E-state index in [2.05, 4.69) is 26.0 Å². The molecule has 0 saturated heterocycles. The molecule has 0 heterocycles. The van der Waals surface area contributed by atoms with Crippen molar-refractivity contribution in [1.29, 1.82) is 0 Å². The van der Waals surface area contributed by atoms with Crippen LogP contribution in [-0.4, -0.2) is 24.6 Å². The molecule has 2 atom stereocenters. The minimum absolute atomic E-state index is 0.0780. The Labute approximate surface area is 167 Å². The molecule has 0 aliphatic rings. The molecule has 27 heavy (non-hydrogen) atoms. The summed E-state index contributed by atoms with van der Waals surface area (Å²) < 4.78 is 10.3. The van der Waals surface area contributed by atoms with Gasteiger partial charge < -0.3 is 9.47 Å². The van der Waals surface area contributed by atoms with Gasteiger partial charge in [0.05, 0.1) is 6.61 Å². The number of carbonyl (C=O) groups excluding carboxylic acids is 2. The standard InChI is InChI=1S/C23H42O4/c1-6-8-16-20(5)17-14-12-10-9-11-13-15-18-21(24)27-22(19(3)4)23(25)26-7-2/h14,17,19-20,22H,6-13,15-16,18H2,1-5H3/b17-14+. The van der Waals surface area contributed by atoms with E-state index in [9.17, 15) is 9.59 Å². The maximum absolute atomic E-state index is 11.9. The molecule has 0 aromatic rings. The Morgan fingerprint density at radius 2 is 1.59 bits per heavy atom. The summed E-state index contributed by atoms with van der Waals surface area (Å²) >= 11 is 0.